The molecule has 2 N–H and O–H groups in total. The van der Waals surface area contributed by atoms with Gasteiger partial charge in [0.1, 0.15) is 0 Å². The van der Waals surface area contributed by atoms with Crippen LogP contribution in [0.2, 0.25) is 0 Å². The number of hydrogen-bond acceptors (Lipinski definition) is 3. The average molecular weight is 317 g/mol. The van der Waals surface area contributed by atoms with Crippen molar-refractivity contribution in [2.24, 2.45) is 5.92 Å². The van der Waals surface area contributed by atoms with Crippen molar-refractivity contribution in [2.75, 3.05) is 36.8 Å². The van der Waals surface area contributed by atoms with Gasteiger partial charge in [-0.05, 0) is 49.8 Å². The predicted molar refractivity (Wildman–Crippen MR) is 98.0 cm³/mol. The highest BCUT2D eigenvalue weighted by molar-refractivity contribution is 6.00. The van der Waals surface area contributed by atoms with Gasteiger partial charge in [-0.15, -0.1) is 0 Å². The van der Waals surface area contributed by atoms with Crippen molar-refractivity contribution in [2.45, 2.75) is 46.5 Å². The van der Waals surface area contributed by atoms with E-state index in [0.29, 0.717) is 11.6 Å². The van der Waals surface area contributed by atoms with Crippen LogP contribution in [0.5, 0.6) is 0 Å². The van der Waals surface area contributed by atoms with E-state index in [0.717, 1.165) is 56.7 Å². The van der Waals surface area contributed by atoms with Crippen molar-refractivity contribution in [3.8, 4) is 0 Å². The number of carbonyl (C=O) groups is 1. The Bertz CT molecular complexity index is 523. The molecule has 4 nitrogen and oxygen atoms in total. The fourth-order valence-corrected chi connectivity index (χ4v) is 3.44. The predicted octanol–water partition coefficient (Wildman–Crippen LogP) is 3.77. The molecule has 0 bridgehead atoms. The first-order valence-electron chi connectivity index (χ1n) is 9.00. The van der Waals surface area contributed by atoms with Crippen LogP contribution in [0, 0.1) is 5.92 Å². The molecule has 1 atom stereocenters. The standard InChI is InChI=1S/C19H31N3O/c1-4-10-21(11-5-2)18-9-8-16(20)13-17(18)19(23)22-12-6-7-15(3)14-22/h8-9,13,15H,4-7,10-12,14,20H2,1-3H3/t15-/m0/s1. The van der Waals surface area contributed by atoms with Gasteiger partial charge in [0.25, 0.3) is 5.91 Å². The first-order chi connectivity index (χ1) is 11.1. The Morgan fingerprint density at radius 3 is 2.61 bits per heavy atom. The zero-order chi connectivity index (χ0) is 16.8. The van der Waals surface area contributed by atoms with Crippen molar-refractivity contribution < 1.29 is 4.79 Å². The van der Waals surface area contributed by atoms with Crippen LogP contribution < -0.4 is 10.6 Å². The van der Waals surface area contributed by atoms with E-state index in [2.05, 4.69) is 25.7 Å². The van der Waals surface area contributed by atoms with Gasteiger partial charge in [0, 0.05) is 37.6 Å². The molecule has 1 fully saturated rings. The first-order valence-corrected chi connectivity index (χ1v) is 9.00. The summed E-state index contributed by atoms with van der Waals surface area (Å²) in [5.74, 6) is 0.718. The molecule has 1 heterocycles. The molecular weight excluding hydrogens is 286 g/mol. The maximum absolute atomic E-state index is 13.1. The van der Waals surface area contributed by atoms with Crippen molar-refractivity contribution >= 4 is 17.3 Å². The lowest BCUT2D eigenvalue weighted by molar-refractivity contribution is 0.0683. The number of benzene rings is 1. The molecule has 1 aliphatic heterocycles. The first kappa shape index (κ1) is 17.6. The van der Waals surface area contributed by atoms with Crippen LogP contribution in [-0.2, 0) is 0 Å². The van der Waals surface area contributed by atoms with Gasteiger partial charge in [0.05, 0.1) is 5.56 Å². The quantitative estimate of drug-likeness (QED) is 0.813. The number of nitrogens with zero attached hydrogens (tertiary/aromatic N) is 2. The van der Waals surface area contributed by atoms with Crippen molar-refractivity contribution in [1.82, 2.24) is 4.90 Å². The summed E-state index contributed by atoms with van der Waals surface area (Å²) in [6, 6.07) is 5.78. The summed E-state index contributed by atoms with van der Waals surface area (Å²) in [5.41, 5.74) is 8.44. The molecule has 0 aliphatic carbocycles. The topological polar surface area (TPSA) is 49.6 Å². The third-order valence-electron chi connectivity index (χ3n) is 4.52. The van der Waals surface area contributed by atoms with Crippen molar-refractivity contribution in [3.63, 3.8) is 0 Å². The summed E-state index contributed by atoms with van der Waals surface area (Å²) in [4.78, 5) is 17.4. The second-order valence-corrected chi connectivity index (χ2v) is 6.76. The summed E-state index contributed by atoms with van der Waals surface area (Å²) in [6.45, 7) is 10.2. The maximum Gasteiger partial charge on any atom is 0.256 e. The summed E-state index contributed by atoms with van der Waals surface area (Å²) in [6.07, 6.45) is 4.45. The molecule has 0 spiro atoms. The van der Waals surface area contributed by atoms with E-state index in [4.69, 9.17) is 5.73 Å². The minimum atomic E-state index is 0.135. The van der Waals surface area contributed by atoms with Gasteiger partial charge in [-0.25, -0.2) is 0 Å². The number of rotatable bonds is 6. The van der Waals surface area contributed by atoms with E-state index in [9.17, 15) is 4.79 Å². The van der Waals surface area contributed by atoms with Crippen molar-refractivity contribution in [3.05, 3.63) is 23.8 Å². The molecule has 23 heavy (non-hydrogen) atoms. The molecule has 0 unspecified atom stereocenters. The second-order valence-electron chi connectivity index (χ2n) is 6.76. The number of nitrogens with two attached hydrogens (primary N) is 1. The van der Waals surface area contributed by atoms with E-state index in [1.807, 2.05) is 23.1 Å². The van der Waals surface area contributed by atoms with Crippen molar-refractivity contribution in [1.29, 1.82) is 0 Å². The Kier molecular flexibility index (Phi) is 6.31. The van der Waals surface area contributed by atoms with Crippen LogP contribution in [0.15, 0.2) is 18.2 Å². The lowest BCUT2D eigenvalue weighted by atomic mass is 9.99. The number of anilines is 2. The molecule has 2 rings (SSSR count). The van der Waals surface area contributed by atoms with Gasteiger partial charge in [-0.1, -0.05) is 20.8 Å². The normalized spacial score (nSPS) is 18.0. The van der Waals surface area contributed by atoms with E-state index in [-0.39, 0.29) is 5.91 Å². The Balaban J connectivity index is 2.31. The molecule has 1 aromatic rings. The molecule has 1 aliphatic rings. The van der Waals surface area contributed by atoms with E-state index >= 15 is 0 Å². The SMILES string of the molecule is CCCN(CCC)c1ccc(N)cc1C(=O)N1CCC[C@H](C)C1. The summed E-state index contributed by atoms with van der Waals surface area (Å²) in [5, 5.41) is 0. The highest BCUT2D eigenvalue weighted by Gasteiger charge is 2.25. The Morgan fingerprint density at radius 2 is 2.00 bits per heavy atom. The number of amides is 1. The van der Waals surface area contributed by atoms with E-state index in [1.54, 1.807) is 0 Å². The summed E-state index contributed by atoms with van der Waals surface area (Å²) in [7, 11) is 0. The number of likely N-dealkylation sites (tertiary alicyclic amines) is 1. The second kappa shape index (κ2) is 8.23. The zero-order valence-corrected chi connectivity index (χ0v) is 14.8. The molecule has 4 heteroatoms. The smallest absolute Gasteiger partial charge is 0.256 e. The van der Waals surface area contributed by atoms with Crippen LogP contribution in [0.3, 0.4) is 0 Å². The third-order valence-corrected chi connectivity index (χ3v) is 4.52. The van der Waals surface area contributed by atoms with Gasteiger partial charge in [-0.3, -0.25) is 4.79 Å². The Hall–Kier alpha value is -1.71. The van der Waals surface area contributed by atoms with Crippen LogP contribution in [-0.4, -0.2) is 37.0 Å². The number of nitrogen functional groups attached to an aromatic ring is 1. The minimum Gasteiger partial charge on any atom is -0.399 e. The molecular formula is C19H31N3O. The van der Waals surface area contributed by atoms with Crippen LogP contribution in [0.25, 0.3) is 0 Å². The summed E-state index contributed by atoms with van der Waals surface area (Å²) >= 11 is 0. The Morgan fingerprint density at radius 1 is 1.30 bits per heavy atom. The molecule has 128 valence electrons. The van der Waals surface area contributed by atoms with Gasteiger partial charge < -0.3 is 15.5 Å². The minimum absolute atomic E-state index is 0.135. The monoisotopic (exact) mass is 317 g/mol. The molecule has 1 amide bonds. The lowest BCUT2D eigenvalue weighted by Crippen LogP contribution is -2.40. The molecule has 0 radical (unpaired) electrons. The van der Waals surface area contributed by atoms with E-state index in [1.165, 1.54) is 6.42 Å². The third kappa shape index (κ3) is 4.40. The van der Waals surface area contributed by atoms with Gasteiger partial charge in [0.15, 0.2) is 0 Å². The van der Waals surface area contributed by atoms with Gasteiger partial charge in [0.2, 0.25) is 0 Å². The molecule has 0 aromatic heterocycles. The largest absolute Gasteiger partial charge is 0.399 e. The molecule has 1 saturated heterocycles. The van der Waals surface area contributed by atoms with Crippen LogP contribution >= 0.6 is 0 Å². The Labute approximate surface area is 140 Å². The average Bonchev–Trinajstić information content (AvgIpc) is 2.54. The zero-order valence-electron chi connectivity index (χ0n) is 14.8. The maximum atomic E-state index is 13.1. The number of piperidine rings is 1. The molecule has 0 saturated carbocycles. The number of hydrogen-bond donors (Lipinski definition) is 1. The van der Waals surface area contributed by atoms with E-state index < -0.39 is 0 Å². The highest BCUT2D eigenvalue weighted by atomic mass is 16.2. The molecule has 1 aromatic carbocycles. The highest BCUT2D eigenvalue weighted by Crippen LogP contribution is 2.27. The van der Waals surface area contributed by atoms with Crippen LogP contribution in [0.1, 0.15) is 56.8 Å². The van der Waals surface area contributed by atoms with Gasteiger partial charge in [-0.2, -0.15) is 0 Å². The fourth-order valence-electron chi connectivity index (χ4n) is 3.44. The lowest BCUT2D eigenvalue weighted by Gasteiger charge is -2.33. The van der Waals surface area contributed by atoms with Gasteiger partial charge >= 0.3 is 0 Å². The number of carbonyl (C=O) groups excluding carboxylic acids is 1. The summed E-state index contributed by atoms with van der Waals surface area (Å²) < 4.78 is 0. The van der Waals surface area contributed by atoms with Crippen LogP contribution in [0.4, 0.5) is 11.4 Å². The fraction of sp³-hybridized carbons (Fsp3) is 0.632.